The van der Waals surface area contributed by atoms with E-state index in [2.05, 4.69) is 6.92 Å². The van der Waals surface area contributed by atoms with E-state index in [1.165, 1.54) is 25.7 Å². The summed E-state index contributed by atoms with van der Waals surface area (Å²) in [5.41, 5.74) is 0.616. The SMILES string of the molecule is CCCCCCCCC(=O)OCCOCCOCCOCCOCCOCCOCCOCCOCCOCCOCCOc1ccc(C=O)cc1. The Labute approximate surface area is 311 Å². The largest absolute Gasteiger partial charge is 0.491 e. The number of aldehydes is 1. The predicted octanol–water partition coefficient (Wildman–Crippen LogP) is 4.34. The van der Waals surface area contributed by atoms with Gasteiger partial charge in [0.05, 0.1) is 132 Å². The fourth-order valence-electron chi connectivity index (χ4n) is 4.28. The second kappa shape index (κ2) is 40.0. The van der Waals surface area contributed by atoms with Crippen molar-refractivity contribution in [2.24, 2.45) is 0 Å². The van der Waals surface area contributed by atoms with Crippen LogP contribution in [-0.4, -0.2) is 158 Å². The van der Waals surface area contributed by atoms with Crippen molar-refractivity contribution in [2.45, 2.75) is 51.9 Å². The Hall–Kier alpha value is -2.24. The van der Waals surface area contributed by atoms with Crippen molar-refractivity contribution < 1.29 is 66.4 Å². The highest BCUT2D eigenvalue weighted by Crippen LogP contribution is 2.11. The molecule has 14 nitrogen and oxygen atoms in total. The van der Waals surface area contributed by atoms with Gasteiger partial charge >= 0.3 is 5.97 Å². The lowest BCUT2D eigenvalue weighted by atomic mass is 10.1. The molecular formula is C38H66O14. The van der Waals surface area contributed by atoms with E-state index in [4.69, 9.17) is 56.8 Å². The first-order valence-corrected chi connectivity index (χ1v) is 18.9. The van der Waals surface area contributed by atoms with Crippen molar-refractivity contribution >= 4 is 12.3 Å². The summed E-state index contributed by atoms with van der Waals surface area (Å²) < 4.78 is 65.4. The average molecular weight is 747 g/mol. The van der Waals surface area contributed by atoms with Gasteiger partial charge in [-0.05, 0) is 30.7 Å². The number of carbonyl (C=O) groups is 2. The van der Waals surface area contributed by atoms with Crippen LogP contribution in [0.4, 0.5) is 0 Å². The normalized spacial score (nSPS) is 11.2. The molecule has 1 aromatic rings. The minimum Gasteiger partial charge on any atom is -0.491 e. The molecule has 0 aliphatic rings. The van der Waals surface area contributed by atoms with Gasteiger partial charge in [-0.1, -0.05) is 39.0 Å². The second-order valence-electron chi connectivity index (χ2n) is 11.4. The summed E-state index contributed by atoms with van der Waals surface area (Å²) in [5.74, 6) is 0.554. The van der Waals surface area contributed by atoms with Gasteiger partial charge in [-0.25, -0.2) is 0 Å². The standard InChI is InChI=1S/C38H66O14/c1-2-3-4-5-6-7-8-38(40)52-34-32-50-30-28-48-26-24-46-22-20-44-18-16-42-14-13-41-15-17-43-19-21-45-23-25-47-27-29-49-31-33-51-37-11-9-36(35-39)10-12-37/h9-12,35H,2-8,13-34H2,1H3. The van der Waals surface area contributed by atoms with Crippen LogP contribution in [0.3, 0.4) is 0 Å². The Morgan fingerprint density at radius 2 is 0.769 bits per heavy atom. The molecule has 1 aromatic carbocycles. The maximum Gasteiger partial charge on any atom is 0.305 e. The van der Waals surface area contributed by atoms with Gasteiger partial charge in [-0.2, -0.15) is 0 Å². The van der Waals surface area contributed by atoms with Gasteiger partial charge in [-0.3, -0.25) is 9.59 Å². The topological polar surface area (TPSA) is 145 Å². The van der Waals surface area contributed by atoms with Gasteiger partial charge in [0.1, 0.15) is 25.2 Å². The van der Waals surface area contributed by atoms with Crippen LogP contribution in [0, 0.1) is 0 Å². The third-order valence-corrected chi connectivity index (χ3v) is 7.09. The van der Waals surface area contributed by atoms with Crippen molar-refractivity contribution in [1.82, 2.24) is 0 Å². The fourth-order valence-corrected chi connectivity index (χ4v) is 4.28. The lowest BCUT2D eigenvalue weighted by Crippen LogP contribution is -2.15. The number of benzene rings is 1. The van der Waals surface area contributed by atoms with Crippen molar-refractivity contribution in [2.75, 3.05) is 145 Å². The summed E-state index contributed by atoms with van der Waals surface area (Å²) in [4.78, 5) is 22.3. The quantitative estimate of drug-likeness (QED) is 0.0532. The Morgan fingerprint density at radius 1 is 0.442 bits per heavy atom. The molecule has 0 aliphatic heterocycles. The van der Waals surface area contributed by atoms with E-state index in [0.29, 0.717) is 156 Å². The molecule has 0 saturated carbocycles. The molecule has 14 heteroatoms. The van der Waals surface area contributed by atoms with Gasteiger partial charge in [0, 0.05) is 12.0 Å². The first kappa shape index (κ1) is 47.8. The van der Waals surface area contributed by atoms with E-state index >= 15 is 0 Å². The Bertz CT molecular complexity index is 889. The average Bonchev–Trinajstić information content (AvgIpc) is 3.16. The van der Waals surface area contributed by atoms with E-state index in [1.807, 2.05) is 0 Å². The zero-order valence-electron chi connectivity index (χ0n) is 31.6. The number of carbonyl (C=O) groups excluding carboxylic acids is 2. The number of hydrogen-bond acceptors (Lipinski definition) is 14. The van der Waals surface area contributed by atoms with Crippen LogP contribution in [0.5, 0.6) is 5.75 Å². The molecule has 0 fully saturated rings. The molecule has 0 amide bonds. The highest BCUT2D eigenvalue weighted by Gasteiger charge is 2.03. The minimum absolute atomic E-state index is 0.147. The van der Waals surface area contributed by atoms with E-state index < -0.39 is 0 Å². The lowest BCUT2D eigenvalue weighted by Gasteiger charge is -2.09. The molecule has 0 N–H and O–H groups in total. The smallest absolute Gasteiger partial charge is 0.305 e. The number of unbranched alkanes of at least 4 members (excludes halogenated alkanes) is 5. The molecule has 0 spiro atoms. The molecule has 0 radical (unpaired) electrons. The third kappa shape index (κ3) is 34.8. The van der Waals surface area contributed by atoms with Crippen LogP contribution >= 0.6 is 0 Å². The number of esters is 1. The molecule has 1 rings (SSSR count). The van der Waals surface area contributed by atoms with Crippen LogP contribution in [0.1, 0.15) is 62.2 Å². The van der Waals surface area contributed by atoms with Gasteiger partial charge in [0.15, 0.2) is 0 Å². The third-order valence-electron chi connectivity index (χ3n) is 7.09. The van der Waals surface area contributed by atoms with Crippen LogP contribution in [0.15, 0.2) is 24.3 Å². The molecule has 0 aliphatic carbocycles. The molecular weight excluding hydrogens is 680 g/mol. The zero-order chi connectivity index (χ0) is 37.3. The molecule has 0 unspecified atom stereocenters. The van der Waals surface area contributed by atoms with Crippen molar-refractivity contribution in [3.05, 3.63) is 29.8 Å². The lowest BCUT2D eigenvalue weighted by molar-refractivity contribution is -0.145. The molecule has 0 bridgehead atoms. The van der Waals surface area contributed by atoms with Crippen molar-refractivity contribution in [3.8, 4) is 5.75 Å². The molecule has 302 valence electrons. The second-order valence-corrected chi connectivity index (χ2v) is 11.4. The monoisotopic (exact) mass is 746 g/mol. The summed E-state index contributed by atoms with van der Waals surface area (Å²) in [6.45, 7) is 12.4. The van der Waals surface area contributed by atoms with E-state index in [9.17, 15) is 9.59 Å². The van der Waals surface area contributed by atoms with Crippen molar-refractivity contribution in [1.29, 1.82) is 0 Å². The van der Waals surface area contributed by atoms with Gasteiger partial charge in [0.25, 0.3) is 0 Å². The van der Waals surface area contributed by atoms with Gasteiger partial charge in [-0.15, -0.1) is 0 Å². The Kier molecular flexibility index (Phi) is 36.7. The number of rotatable bonds is 42. The fraction of sp³-hybridized carbons (Fsp3) is 0.789. The molecule has 0 saturated heterocycles. The molecule has 52 heavy (non-hydrogen) atoms. The maximum absolute atomic E-state index is 11.7. The predicted molar refractivity (Wildman–Crippen MR) is 194 cm³/mol. The maximum atomic E-state index is 11.7. The van der Waals surface area contributed by atoms with Gasteiger partial charge < -0.3 is 56.8 Å². The zero-order valence-corrected chi connectivity index (χ0v) is 31.6. The Balaban J connectivity index is 1.64. The van der Waals surface area contributed by atoms with Crippen LogP contribution in [-0.2, 0) is 56.9 Å². The minimum atomic E-state index is -0.147. The van der Waals surface area contributed by atoms with E-state index in [1.54, 1.807) is 24.3 Å². The summed E-state index contributed by atoms with van der Waals surface area (Å²) in [7, 11) is 0. The van der Waals surface area contributed by atoms with Gasteiger partial charge in [0.2, 0.25) is 0 Å². The summed E-state index contributed by atoms with van der Waals surface area (Å²) >= 11 is 0. The van der Waals surface area contributed by atoms with E-state index in [0.717, 1.165) is 19.1 Å². The molecule has 0 atom stereocenters. The first-order valence-electron chi connectivity index (χ1n) is 18.9. The number of hydrogen-bond donors (Lipinski definition) is 0. The summed E-state index contributed by atoms with van der Waals surface area (Å²) in [6.07, 6.45) is 8.20. The molecule has 0 aromatic heterocycles. The Morgan fingerprint density at radius 3 is 1.13 bits per heavy atom. The summed E-state index contributed by atoms with van der Waals surface area (Å²) in [6, 6.07) is 6.93. The first-order chi connectivity index (χ1) is 25.8. The number of ether oxygens (including phenoxy) is 12. The van der Waals surface area contributed by atoms with E-state index in [-0.39, 0.29) is 12.6 Å². The van der Waals surface area contributed by atoms with Crippen LogP contribution in [0.25, 0.3) is 0 Å². The summed E-state index contributed by atoms with van der Waals surface area (Å²) in [5, 5.41) is 0. The molecule has 0 heterocycles. The highest BCUT2D eigenvalue weighted by atomic mass is 16.6. The van der Waals surface area contributed by atoms with Crippen LogP contribution in [0.2, 0.25) is 0 Å². The van der Waals surface area contributed by atoms with Crippen LogP contribution < -0.4 is 4.74 Å². The highest BCUT2D eigenvalue weighted by molar-refractivity contribution is 5.74. The van der Waals surface area contributed by atoms with Crippen molar-refractivity contribution in [3.63, 3.8) is 0 Å².